The Balaban J connectivity index is 2.08. The lowest BCUT2D eigenvalue weighted by Gasteiger charge is -2.29. The van der Waals surface area contributed by atoms with Gasteiger partial charge in [-0.2, -0.15) is 0 Å². The molecule has 0 N–H and O–H groups in total. The van der Waals surface area contributed by atoms with Gasteiger partial charge in [-0.3, -0.25) is 0 Å². The van der Waals surface area contributed by atoms with Crippen molar-refractivity contribution in [3.8, 4) is 0 Å². The van der Waals surface area contributed by atoms with Gasteiger partial charge in [0, 0.05) is 19.3 Å². The first-order valence-electron chi connectivity index (χ1n) is 5.05. The van der Waals surface area contributed by atoms with E-state index in [1.165, 1.54) is 11.8 Å². The van der Waals surface area contributed by atoms with Gasteiger partial charge >= 0.3 is 0 Å². The number of hydrogen-bond donors (Lipinski definition) is 0. The first-order chi connectivity index (χ1) is 7.29. The maximum atomic E-state index is 13.0. The number of thioether (sulfide) groups is 1. The predicted molar refractivity (Wildman–Crippen MR) is 60.2 cm³/mol. The highest BCUT2D eigenvalue weighted by Crippen LogP contribution is 2.20. The fourth-order valence-corrected chi connectivity index (χ4v) is 2.03. The van der Waals surface area contributed by atoms with Crippen LogP contribution in [0.5, 0.6) is 0 Å². The van der Waals surface area contributed by atoms with Crippen LogP contribution in [0.4, 0.5) is 10.2 Å². The number of hydrogen-bond acceptors (Lipinski definition) is 4. The van der Waals surface area contributed by atoms with E-state index in [9.17, 15) is 4.39 Å². The van der Waals surface area contributed by atoms with Gasteiger partial charge in [-0.15, -0.1) is 0 Å². The summed E-state index contributed by atoms with van der Waals surface area (Å²) >= 11 is 1.52. The van der Waals surface area contributed by atoms with E-state index in [1.807, 2.05) is 12.3 Å². The molecule has 82 valence electrons. The molecule has 1 aromatic heterocycles. The number of aromatic nitrogens is 2. The number of alkyl halides is 1. The third-order valence-electron chi connectivity index (χ3n) is 2.55. The minimum Gasteiger partial charge on any atom is -0.356 e. The van der Waals surface area contributed by atoms with Crippen molar-refractivity contribution in [2.75, 3.05) is 24.2 Å². The highest BCUT2D eigenvalue weighted by atomic mass is 32.2. The summed E-state index contributed by atoms with van der Waals surface area (Å²) in [6, 6.07) is 1.89. The average Bonchev–Trinajstić information content (AvgIpc) is 2.30. The van der Waals surface area contributed by atoms with Crippen molar-refractivity contribution in [2.24, 2.45) is 0 Å². The van der Waals surface area contributed by atoms with Crippen molar-refractivity contribution in [1.82, 2.24) is 9.97 Å². The molecule has 1 aromatic rings. The number of rotatable bonds is 2. The van der Waals surface area contributed by atoms with Crippen molar-refractivity contribution in [3.05, 3.63) is 12.3 Å². The molecule has 15 heavy (non-hydrogen) atoms. The molecule has 0 atom stereocenters. The van der Waals surface area contributed by atoms with Crippen LogP contribution in [0.1, 0.15) is 12.8 Å². The van der Waals surface area contributed by atoms with E-state index < -0.39 is 6.17 Å². The predicted octanol–water partition coefficient (Wildman–Crippen LogP) is 2.14. The number of nitrogens with zero attached hydrogens (tertiary/aromatic N) is 3. The van der Waals surface area contributed by atoms with Gasteiger partial charge in [-0.1, -0.05) is 11.8 Å². The minimum absolute atomic E-state index is 0.610. The van der Waals surface area contributed by atoms with Crippen LogP contribution in [-0.4, -0.2) is 35.5 Å². The van der Waals surface area contributed by atoms with E-state index >= 15 is 0 Å². The minimum atomic E-state index is -0.636. The van der Waals surface area contributed by atoms with Crippen molar-refractivity contribution in [1.29, 1.82) is 0 Å². The van der Waals surface area contributed by atoms with Crippen LogP contribution in [0.15, 0.2) is 17.4 Å². The quantitative estimate of drug-likeness (QED) is 0.572. The Morgan fingerprint density at radius 3 is 2.87 bits per heavy atom. The molecule has 0 saturated carbocycles. The molecule has 0 aromatic carbocycles. The molecule has 0 amide bonds. The average molecular weight is 227 g/mol. The molecule has 1 aliphatic heterocycles. The van der Waals surface area contributed by atoms with Crippen LogP contribution < -0.4 is 4.90 Å². The smallest absolute Gasteiger partial charge is 0.189 e. The number of piperidine rings is 1. The van der Waals surface area contributed by atoms with Crippen LogP contribution in [-0.2, 0) is 0 Å². The van der Waals surface area contributed by atoms with Crippen LogP contribution in [0.25, 0.3) is 0 Å². The van der Waals surface area contributed by atoms with Gasteiger partial charge in [0.25, 0.3) is 0 Å². The van der Waals surface area contributed by atoms with Gasteiger partial charge in [0.1, 0.15) is 12.0 Å². The molecule has 3 nitrogen and oxygen atoms in total. The van der Waals surface area contributed by atoms with Gasteiger partial charge in [-0.25, -0.2) is 14.4 Å². The maximum Gasteiger partial charge on any atom is 0.189 e. The van der Waals surface area contributed by atoms with E-state index in [2.05, 4.69) is 14.9 Å². The molecule has 0 unspecified atom stereocenters. The fourth-order valence-electron chi connectivity index (χ4n) is 1.68. The molecular weight excluding hydrogens is 213 g/mol. The Hall–Kier alpha value is -0.840. The molecule has 0 radical (unpaired) electrons. The highest BCUT2D eigenvalue weighted by Gasteiger charge is 2.19. The number of halogens is 1. The normalized spacial score (nSPS) is 18.1. The van der Waals surface area contributed by atoms with Gasteiger partial charge in [0.05, 0.1) is 0 Å². The monoisotopic (exact) mass is 227 g/mol. The zero-order chi connectivity index (χ0) is 10.7. The lowest BCUT2D eigenvalue weighted by Crippen LogP contribution is -2.34. The molecule has 0 spiro atoms. The second kappa shape index (κ2) is 4.79. The molecule has 1 aliphatic rings. The van der Waals surface area contributed by atoms with Crippen LogP contribution in [0.3, 0.4) is 0 Å². The maximum absolute atomic E-state index is 13.0. The SMILES string of the molecule is CSc1nccc(N2CCC(F)CC2)n1. The summed E-state index contributed by atoms with van der Waals surface area (Å²) in [5.41, 5.74) is 0. The summed E-state index contributed by atoms with van der Waals surface area (Å²) in [7, 11) is 0. The zero-order valence-corrected chi connectivity index (χ0v) is 9.50. The first-order valence-corrected chi connectivity index (χ1v) is 6.28. The van der Waals surface area contributed by atoms with Gasteiger partial charge in [-0.05, 0) is 25.2 Å². The van der Waals surface area contributed by atoms with E-state index in [0.717, 1.165) is 24.1 Å². The van der Waals surface area contributed by atoms with E-state index in [-0.39, 0.29) is 0 Å². The Bertz CT molecular complexity index is 326. The second-order valence-corrected chi connectivity index (χ2v) is 4.34. The largest absolute Gasteiger partial charge is 0.356 e. The van der Waals surface area contributed by atoms with Crippen LogP contribution in [0.2, 0.25) is 0 Å². The lowest BCUT2D eigenvalue weighted by molar-refractivity contribution is 0.276. The Kier molecular flexibility index (Phi) is 3.41. The van der Waals surface area contributed by atoms with Gasteiger partial charge in [0.2, 0.25) is 0 Å². The Morgan fingerprint density at radius 2 is 2.20 bits per heavy atom. The summed E-state index contributed by atoms with van der Waals surface area (Å²) in [4.78, 5) is 10.6. The molecule has 0 aliphatic carbocycles. The van der Waals surface area contributed by atoms with Crippen molar-refractivity contribution >= 4 is 17.6 Å². The number of anilines is 1. The van der Waals surface area contributed by atoms with Crippen molar-refractivity contribution in [2.45, 2.75) is 24.2 Å². The molecule has 5 heteroatoms. The fraction of sp³-hybridized carbons (Fsp3) is 0.600. The van der Waals surface area contributed by atoms with E-state index in [4.69, 9.17) is 0 Å². The standard InChI is InChI=1S/C10H14FN3S/c1-15-10-12-5-2-9(13-10)14-6-3-8(11)4-7-14/h2,5,8H,3-4,6-7H2,1H3. The summed E-state index contributed by atoms with van der Waals surface area (Å²) in [6.07, 6.45) is 4.29. The van der Waals surface area contributed by atoms with Gasteiger partial charge in [0.15, 0.2) is 5.16 Å². The highest BCUT2D eigenvalue weighted by molar-refractivity contribution is 7.98. The third-order valence-corrected chi connectivity index (χ3v) is 3.11. The van der Waals surface area contributed by atoms with Gasteiger partial charge < -0.3 is 4.90 Å². The summed E-state index contributed by atoms with van der Waals surface area (Å²) in [5.74, 6) is 0.918. The third kappa shape index (κ3) is 2.59. The molecule has 1 saturated heterocycles. The van der Waals surface area contributed by atoms with E-state index in [0.29, 0.717) is 12.8 Å². The summed E-state index contributed by atoms with van der Waals surface area (Å²) in [5, 5.41) is 0.773. The summed E-state index contributed by atoms with van der Waals surface area (Å²) < 4.78 is 13.0. The molecule has 0 bridgehead atoms. The Labute approximate surface area is 93.1 Å². The zero-order valence-electron chi connectivity index (χ0n) is 8.69. The van der Waals surface area contributed by atoms with Crippen LogP contribution in [0, 0.1) is 0 Å². The topological polar surface area (TPSA) is 29.0 Å². The van der Waals surface area contributed by atoms with Crippen LogP contribution >= 0.6 is 11.8 Å². The summed E-state index contributed by atoms with van der Waals surface area (Å²) in [6.45, 7) is 1.51. The second-order valence-electron chi connectivity index (χ2n) is 3.56. The lowest BCUT2D eigenvalue weighted by atomic mass is 10.1. The molecule has 2 heterocycles. The van der Waals surface area contributed by atoms with Crippen molar-refractivity contribution < 1.29 is 4.39 Å². The van der Waals surface area contributed by atoms with Crippen molar-refractivity contribution in [3.63, 3.8) is 0 Å². The first kappa shape index (κ1) is 10.7. The molecule has 2 rings (SSSR count). The molecular formula is C10H14FN3S. The van der Waals surface area contributed by atoms with E-state index in [1.54, 1.807) is 6.20 Å². The molecule has 1 fully saturated rings. The Morgan fingerprint density at radius 1 is 1.47 bits per heavy atom.